The van der Waals surface area contributed by atoms with E-state index in [0.29, 0.717) is 22.6 Å². The lowest BCUT2D eigenvalue weighted by Crippen LogP contribution is -2.51. The molecule has 3 aromatic rings. The van der Waals surface area contributed by atoms with Crippen LogP contribution in [0.4, 0.5) is 0 Å². The van der Waals surface area contributed by atoms with E-state index in [4.69, 9.17) is 4.74 Å². The Morgan fingerprint density at radius 1 is 1.00 bits per heavy atom. The van der Waals surface area contributed by atoms with Gasteiger partial charge in [-0.3, -0.25) is 19.6 Å². The lowest BCUT2D eigenvalue weighted by molar-refractivity contribution is -0.00419. The van der Waals surface area contributed by atoms with Crippen molar-refractivity contribution in [3.05, 3.63) is 78.2 Å². The van der Waals surface area contributed by atoms with Crippen LogP contribution in [0.15, 0.2) is 67.1 Å². The predicted octanol–water partition coefficient (Wildman–Crippen LogP) is 3.00. The number of hydrogen-bond donors (Lipinski definition) is 1. The summed E-state index contributed by atoms with van der Waals surface area (Å²) in [6.45, 7) is 0.559. The number of hydrogen-bond acceptors (Lipinski definition) is 6. The normalized spacial score (nSPS) is 15.4. The number of nitrogens with zero attached hydrogens (tertiary/aromatic N) is 3. The van der Waals surface area contributed by atoms with Gasteiger partial charge in [0.15, 0.2) is 5.78 Å². The van der Waals surface area contributed by atoms with E-state index in [-0.39, 0.29) is 37.6 Å². The average Bonchev–Trinajstić information content (AvgIpc) is 2.84. The molecule has 0 radical (unpaired) electrons. The van der Waals surface area contributed by atoms with Crippen molar-refractivity contribution in [2.45, 2.75) is 18.4 Å². The molecule has 0 aliphatic carbocycles. The van der Waals surface area contributed by atoms with Gasteiger partial charge in [0.1, 0.15) is 11.4 Å². The van der Waals surface area contributed by atoms with Crippen LogP contribution in [0.1, 0.15) is 33.6 Å². The number of piperidine rings is 1. The van der Waals surface area contributed by atoms with Gasteiger partial charge in [-0.15, -0.1) is 0 Å². The highest BCUT2D eigenvalue weighted by Gasteiger charge is 2.41. The van der Waals surface area contributed by atoms with Crippen LogP contribution in [0.2, 0.25) is 0 Å². The third-order valence-electron chi connectivity index (χ3n) is 5.64. The Hall–Kier alpha value is -3.58. The van der Waals surface area contributed by atoms with Crippen molar-refractivity contribution < 1.29 is 19.4 Å². The molecule has 0 saturated carbocycles. The lowest BCUT2D eigenvalue weighted by Gasteiger charge is -2.37. The fraction of sp³-hybridized carbons (Fsp3) is 0.250. The first-order chi connectivity index (χ1) is 15.0. The molecule has 0 bridgehead atoms. The number of aromatic nitrogens is 2. The van der Waals surface area contributed by atoms with Crippen molar-refractivity contribution >= 4 is 11.7 Å². The summed E-state index contributed by atoms with van der Waals surface area (Å²) in [6.07, 6.45) is 5.31. The first kappa shape index (κ1) is 20.7. The summed E-state index contributed by atoms with van der Waals surface area (Å²) in [5.74, 6) is 0.144. The summed E-state index contributed by atoms with van der Waals surface area (Å²) in [5, 5.41) is 11.0. The van der Waals surface area contributed by atoms with Crippen molar-refractivity contribution in [1.29, 1.82) is 0 Å². The molecule has 31 heavy (non-hydrogen) atoms. The third kappa shape index (κ3) is 4.18. The molecule has 1 fully saturated rings. The summed E-state index contributed by atoms with van der Waals surface area (Å²) >= 11 is 0. The molecule has 7 nitrogen and oxygen atoms in total. The number of pyridine rings is 2. The van der Waals surface area contributed by atoms with Crippen LogP contribution in [0.3, 0.4) is 0 Å². The van der Waals surface area contributed by atoms with Crippen molar-refractivity contribution in [2.24, 2.45) is 0 Å². The molecule has 0 atom stereocenters. The second-order valence-electron chi connectivity index (χ2n) is 7.52. The molecule has 1 aliphatic rings. The molecule has 0 unspecified atom stereocenters. The molecule has 1 amide bonds. The van der Waals surface area contributed by atoms with Crippen molar-refractivity contribution in [3.63, 3.8) is 0 Å². The van der Waals surface area contributed by atoms with Gasteiger partial charge in [-0.1, -0.05) is 0 Å². The number of ketones is 1. The molecule has 1 N–H and O–H groups in total. The summed E-state index contributed by atoms with van der Waals surface area (Å²) < 4.78 is 5.12. The number of methoxy groups -OCH3 is 1. The third-order valence-corrected chi connectivity index (χ3v) is 5.64. The van der Waals surface area contributed by atoms with Gasteiger partial charge < -0.3 is 14.7 Å². The van der Waals surface area contributed by atoms with Crippen LogP contribution in [0, 0.1) is 0 Å². The van der Waals surface area contributed by atoms with Gasteiger partial charge in [0.2, 0.25) is 0 Å². The summed E-state index contributed by atoms with van der Waals surface area (Å²) in [5.41, 5.74) is 0.817. The average molecular weight is 417 g/mol. The summed E-state index contributed by atoms with van der Waals surface area (Å²) in [4.78, 5) is 36.2. The molecular weight excluding hydrogens is 394 g/mol. The van der Waals surface area contributed by atoms with Crippen LogP contribution in [0.5, 0.6) is 5.75 Å². The molecule has 2 aromatic heterocycles. The smallest absolute Gasteiger partial charge is 0.256 e. The Morgan fingerprint density at radius 3 is 2.32 bits per heavy atom. The second-order valence-corrected chi connectivity index (χ2v) is 7.52. The molecule has 1 saturated heterocycles. The maximum Gasteiger partial charge on any atom is 0.256 e. The van der Waals surface area contributed by atoms with Crippen LogP contribution >= 0.6 is 0 Å². The molecule has 0 spiro atoms. The zero-order valence-electron chi connectivity index (χ0n) is 17.2. The minimum absolute atomic E-state index is 0.168. The zero-order chi connectivity index (χ0) is 21.8. The van der Waals surface area contributed by atoms with E-state index in [1.54, 1.807) is 67.0 Å². The van der Waals surface area contributed by atoms with E-state index in [1.807, 2.05) is 12.1 Å². The Morgan fingerprint density at radius 2 is 1.68 bits per heavy atom. The van der Waals surface area contributed by atoms with Crippen LogP contribution < -0.4 is 4.74 Å². The summed E-state index contributed by atoms with van der Waals surface area (Å²) in [6, 6.07) is 13.8. The Kier molecular flexibility index (Phi) is 5.77. The number of carbonyl (C=O) groups is 2. The minimum Gasteiger partial charge on any atom is -0.497 e. The number of amides is 1. The Balaban J connectivity index is 1.49. The van der Waals surface area contributed by atoms with E-state index in [2.05, 4.69) is 9.97 Å². The van der Waals surface area contributed by atoms with Gasteiger partial charge in [-0.25, -0.2) is 0 Å². The van der Waals surface area contributed by atoms with Crippen LogP contribution in [0.25, 0.3) is 11.3 Å². The lowest BCUT2D eigenvalue weighted by atomic mass is 9.84. The SMILES string of the molecule is COc1ccc(C(=O)C2(O)CCN(C(=O)c3cccnc3-c3ccncc3)CC2)cc1. The van der Waals surface area contributed by atoms with Gasteiger partial charge in [0.05, 0.1) is 18.4 Å². The number of benzene rings is 1. The fourth-order valence-electron chi connectivity index (χ4n) is 3.81. The van der Waals surface area contributed by atoms with Gasteiger partial charge in [-0.05, 0) is 48.5 Å². The largest absolute Gasteiger partial charge is 0.497 e. The Bertz CT molecular complexity index is 1080. The number of carbonyl (C=O) groups excluding carboxylic acids is 2. The van der Waals surface area contributed by atoms with E-state index >= 15 is 0 Å². The first-order valence-corrected chi connectivity index (χ1v) is 10.1. The van der Waals surface area contributed by atoms with E-state index in [0.717, 1.165) is 5.56 Å². The molecule has 158 valence electrons. The molecule has 3 heterocycles. The molecule has 4 rings (SSSR count). The highest BCUT2D eigenvalue weighted by molar-refractivity contribution is 6.03. The van der Waals surface area contributed by atoms with Gasteiger partial charge >= 0.3 is 0 Å². The Labute approximate surface area is 180 Å². The second kappa shape index (κ2) is 8.65. The number of likely N-dealkylation sites (tertiary alicyclic amines) is 1. The maximum absolute atomic E-state index is 13.2. The summed E-state index contributed by atoms with van der Waals surface area (Å²) in [7, 11) is 1.56. The van der Waals surface area contributed by atoms with Gasteiger partial charge in [-0.2, -0.15) is 0 Å². The maximum atomic E-state index is 13.2. The molecule has 7 heteroatoms. The number of ether oxygens (including phenoxy) is 1. The monoisotopic (exact) mass is 417 g/mol. The first-order valence-electron chi connectivity index (χ1n) is 10.1. The molecule has 1 aliphatic heterocycles. The van der Waals surface area contributed by atoms with E-state index in [9.17, 15) is 14.7 Å². The highest BCUT2D eigenvalue weighted by Crippen LogP contribution is 2.29. The van der Waals surface area contributed by atoms with E-state index < -0.39 is 5.60 Å². The van der Waals surface area contributed by atoms with E-state index in [1.165, 1.54) is 0 Å². The van der Waals surface area contributed by atoms with Crippen molar-refractivity contribution in [1.82, 2.24) is 14.9 Å². The topological polar surface area (TPSA) is 92.6 Å². The molecular formula is C24H23N3O4. The standard InChI is InChI=1S/C24H23N3O4/c1-31-19-6-4-18(5-7-19)22(28)24(30)10-15-27(16-11-24)23(29)20-3-2-12-26-21(20)17-8-13-25-14-9-17/h2-9,12-14,30H,10-11,15-16H2,1H3. The van der Waals surface area contributed by atoms with Crippen molar-refractivity contribution in [3.8, 4) is 17.0 Å². The predicted molar refractivity (Wildman–Crippen MR) is 115 cm³/mol. The number of aliphatic hydroxyl groups is 1. The quantitative estimate of drug-likeness (QED) is 0.642. The van der Waals surface area contributed by atoms with Crippen LogP contribution in [-0.4, -0.2) is 57.5 Å². The van der Waals surface area contributed by atoms with Gasteiger partial charge in [0.25, 0.3) is 5.91 Å². The number of Topliss-reactive ketones (excluding diaryl/α,β-unsaturated/α-hetero) is 1. The van der Waals surface area contributed by atoms with Gasteiger partial charge in [0, 0.05) is 55.6 Å². The highest BCUT2D eigenvalue weighted by atomic mass is 16.5. The fourth-order valence-corrected chi connectivity index (χ4v) is 3.81. The minimum atomic E-state index is -1.49. The number of rotatable bonds is 5. The molecule has 1 aromatic carbocycles. The van der Waals surface area contributed by atoms with Crippen molar-refractivity contribution in [2.75, 3.05) is 20.2 Å². The van der Waals surface area contributed by atoms with Crippen LogP contribution in [-0.2, 0) is 0 Å². The zero-order valence-corrected chi connectivity index (χ0v) is 17.2.